The van der Waals surface area contributed by atoms with Crippen LogP contribution in [0.3, 0.4) is 0 Å². The summed E-state index contributed by atoms with van der Waals surface area (Å²) in [4.78, 5) is 12.4. The molecule has 0 aromatic heterocycles. The normalized spacial score (nSPS) is 10.5. The molecule has 0 aliphatic carbocycles. The molecule has 0 fully saturated rings. The minimum Gasteiger partial charge on any atom is -0.493 e. The number of fused-ring (bicyclic) bond motifs is 1. The topological polar surface area (TPSA) is 35.5 Å². The van der Waals surface area contributed by atoms with Gasteiger partial charge in [-0.3, -0.25) is 0 Å². The van der Waals surface area contributed by atoms with Crippen LogP contribution in [0.4, 0.5) is 0 Å². The van der Waals surface area contributed by atoms with Gasteiger partial charge in [-0.2, -0.15) is 0 Å². The maximum atomic E-state index is 12.4. The number of hydrogen-bond acceptors (Lipinski definition) is 3. The summed E-state index contributed by atoms with van der Waals surface area (Å²) in [7, 11) is 0. The van der Waals surface area contributed by atoms with Gasteiger partial charge in [0.05, 0.1) is 16.6 Å². The molecular weight excluding hydrogens is 356 g/mol. The molecule has 3 nitrogen and oxygen atoms in total. The van der Waals surface area contributed by atoms with Crippen LogP contribution in [0.25, 0.3) is 10.8 Å². The average Bonchev–Trinajstić information content (AvgIpc) is 2.57. The summed E-state index contributed by atoms with van der Waals surface area (Å²) >= 11 is 3.41. The Kier molecular flexibility index (Phi) is 4.63. The predicted octanol–water partition coefficient (Wildman–Crippen LogP) is 5.22. The molecule has 3 rings (SSSR count). The van der Waals surface area contributed by atoms with Gasteiger partial charge in [-0.1, -0.05) is 36.4 Å². The van der Waals surface area contributed by atoms with Gasteiger partial charge < -0.3 is 9.47 Å². The van der Waals surface area contributed by atoms with Gasteiger partial charge in [0.25, 0.3) is 0 Å². The monoisotopic (exact) mass is 370 g/mol. The molecule has 3 aromatic carbocycles. The zero-order chi connectivity index (χ0) is 16.2. The van der Waals surface area contributed by atoms with E-state index in [2.05, 4.69) is 15.9 Å². The maximum absolute atomic E-state index is 12.4. The fourth-order valence-corrected chi connectivity index (χ4v) is 2.84. The first-order valence-electron chi connectivity index (χ1n) is 7.31. The van der Waals surface area contributed by atoms with Crippen molar-refractivity contribution < 1.29 is 14.3 Å². The van der Waals surface area contributed by atoms with Gasteiger partial charge in [0.1, 0.15) is 11.5 Å². The number of carbonyl (C=O) groups is 1. The average molecular weight is 371 g/mol. The summed E-state index contributed by atoms with van der Waals surface area (Å²) in [5.74, 6) is 0.859. The molecule has 23 heavy (non-hydrogen) atoms. The Balaban J connectivity index is 1.88. The van der Waals surface area contributed by atoms with Crippen molar-refractivity contribution in [2.45, 2.75) is 6.92 Å². The number of carbonyl (C=O) groups excluding carboxylic acids is 1. The zero-order valence-electron chi connectivity index (χ0n) is 12.6. The van der Waals surface area contributed by atoms with Crippen LogP contribution < -0.4 is 9.47 Å². The van der Waals surface area contributed by atoms with Crippen LogP contribution >= 0.6 is 15.9 Å². The molecule has 3 aromatic rings. The summed E-state index contributed by atoms with van der Waals surface area (Å²) in [5.41, 5.74) is 0.466. The Bertz CT molecular complexity index is 853. The molecule has 0 saturated carbocycles. The van der Waals surface area contributed by atoms with Crippen LogP contribution in [0.5, 0.6) is 11.5 Å². The number of esters is 1. The van der Waals surface area contributed by atoms with E-state index < -0.39 is 5.97 Å². The molecule has 0 atom stereocenters. The Hall–Kier alpha value is -2.33. The summed E-state index contributed by atoms with van der Waals surface area (Å²) in [6.45, 7) is 2.48. The van der Waals surface area contributed by atoms with E-state index in [1.807, 2.05) is 43.3 Å². The van der Waals surface area contributed by atoms with Crippen LogP contribution in [-0.2, 0) is 0 Å². The SMILES string of the molecule is CCOc1ccc(C(=O)Oc2cccc3ccccc23)cc1Br. The van der Waals surface area contributed by atoms with Crippen molar-refractivity contribution in [1.29, 1.82) is 0 Å². The smallest absolute Gasteiger partial charge is 0.343 e. The Labute approximate surface area is 143 Å². The second-order valence-corrected chi connectivity index (χ2v) is 5.80. The number of benzene rings is 3. The summed E-state index contributed by atoms with van der Waals surface area (Å²) in [5, 5.41) is 1.94. The highest BCUT2D eigenvalue weighted by molar-refractivity contribution is 9.10. The predicted molar refractivity (Wildman–Crippen MR) is 94.2 cm³/mol. The van der Waals surface area contributed by atoms with Crippen LogP contribution in [-0.4, -0.2) is 12.6 Å². The van der Waals surface area contributed by atoms with E-state index in [0.29, 0.717) is 23.7 Å². The first-order valence-corrected chi connectivity index (χ1v) is 8.10. The molecule has 0 aliphatic heterocycles. The van der Waals surface area contributed by atoms with Crippen LogP contribution in [0.2, 0.25) is 0 Å². The molecular formula is C19H15BrO3. The number of hydrogen-bond donors (Lipinski definition) is 0. The lowest BCUT2D eigenvalue weighted by atomic mass is 10.1. The zero-order valence-corrected chi connectivity index (χ0v) is 14.2. The van der Waals surface area contributed by atoms with Crippen molar-refractivity contribution >= 4 is 32.7 Å². The first-order chi connectivity index (χ1) is 11.2. The van der Waals surface area contributed by atoms with Crippen LogP contribution in [0.15, 0.2) is 65.1 Å². The first kappa shape index (κ1) is 15.6. The molecule has 4 heteroatoms. The highest BCUT2D eigenvalue weighted by Gasteiger charge is 2.13. The second kappa shape index (κ2) is 6.84. The fourth-order valence-electron chi connectivity index (χ4n) is 2.34. The van der Waals surface area contributed by atoms with Gasteiger partial charge in [-0.15, -0.1) is 0 Å². The van der Waals surface area contributed by atoms with Gasteiger partial charge in [-0.05, 0) is 52.5 Å². The highest BCUT2D eigenvalue weighted by Crippen LogP contribution is 2.28. The standard InChI is InChI=1S/C19H15BrO3/c1-2-22-18-11-10-14(12-16(18)20)19(21)23-17-9-5-7-13-6-3-4-8-15(13)17/h3-12H,2H2,1H3. The van der Waals surface area contributed by atoms with Crippen molar-refractivity contribution in [3.8, 4) is 11.5 Å². The Morgan fingerprint density at radius 1 is 1.00 bits per heavy atom. The molecule has 0 N–H and O–H groups in total. The molecule has 0 amide bonds. The van der Waals surface area contributed by atoms with Crippen molar-refractivity contribution in [1.82, 2.24) is 0 Å². The van der Waals surface area contributed by atoms with Crippen molar-refractivity contribution in [2.24, 2.45) is 0 Å². The van der Waals surface area contributed by atoms with Crippen LogP contribution in [0.1, 0.15) is 17.3 Å². The quantitative estimate of drug-likeness (QED) is 0.466. The molecule has 0 unspecified atom stereocenters. The summed E-state index contributed by atoms with van der Waals surface area (Å²) in [6.07, 6.45) is 0. The third kappa shape index (κ3) is 3.37. The van der Waals surface area contributed by atoms with E-state index in [9.17, 15) is 4.79 Å². The van der Waals surface area contributed by atoms with Crippen molar-refractivity contribution in [3.63, 3.8) is 0 Å². The van der Waals surface area contributed by atoms with E-state index in [1.165, 1.54) is 0 Å². The molecule has 0 aliphatic rings. The maximum Gasteiger partial charge on any atom is 0.343 e. The van der Waals surface area contributed by atoms with Gasteiger partial charge >= 0.3 is 5.97 Å². The molecule has 0 heterocycles. The van der Waals surface area contributed by atoms with Crippen molar-refractivity contribution in [3.05, 3.63) is 70.7 Å². The Morgan fingerprint density at radius 2 is 1.78 bits per heavy atom. The summed E-state index contributed by atoms with van der Waals surface area (Å²) in [6, 6.07) is 18.6. The van der Waals surface area contributed by atoms with Crippen LogP contribution in [0, 0.1) is 0 Å². The lowest BCUT2D eigenvalue weighted by molar-refractivity contribution is 0.0737. The van der Waals surface area contributed by atoms with E-state index in [4.69, 9.17) is 9.47 Å². The van der Waals surface area contributed by atoms with E-state index in [1.54, 1.807) is 24.3 Å². The third-order valence-corrected chi connectivity index (χ3v) is 4.04. The number of halogens is 1. The lowest BCUT2D eigenvalue weighted by Crippen LogP contribution is -2.09. The van der Waals surface area contributed by atoms with Gasteiger partial charge in [0.2, 0.25) is 0 Å². The van der Waals surface area contributed by atoms with E-state index in [0.717, 1.165) is 15.2 Å². The molecule has 0 spiro atoms. The van der Waals surface area contributed by atoms with E-state index >= 15 is 0 Å². The largest absolute Gasteiger partial charge is 0.493 e. The highest BCUT2D eigenvalue weighted by atomic mass is 79.9. The molecule has 0 saturated heterocycles. The third-order valence-electron chi connectivity index (χ3n) is 3.42. The fraction of sp³-hybridized carbons (Fsp3) is 0.105. The molecule has 0 radical (unpaired) electrons. The second-order valence-electron chi connectivity index (χ2n) is 4.95. The minimum absolute atomic E-state index is 0.398. The molecule has 0 bridgehead atoms. The number of rotatable bonds is 4. The summed E-state index contributed by atoms with van der Waals surface area (Å²) < 4.78 is 11.7. The number of ether oxygens (including phenoxy) is 2. The van der Waals surface area contributed by atoms with Gasteiger partial charge in [0.15, 0.2) is 0 Å². The van der Waals surface area contributed by atoms with Crippen molar-refractivity contribution in [2.75, 3.05) is 6.61 Å². The van der Waals surface area contributed by atoms with E-state index in [-0.39, 0.29) is 0 Å². The van der Waals surface area contributed by atoms with Gasteiger partial charge in [-0.25, -0.2) is 4.79 Å². The minimum atomic E-state index is -0.398. The molecule has 116 valence electrons. The Morgan fingerprint density at radius 3 is 2.57 bits per heavy atom. The van der Waals surface area contributed by atoms with Gasteiger partial charge in [0, 0.05) is 5.39 Å². The lowest BCUT2D eigenvalue weighted by Gasteiger charge is -2.10.